The Morgan fingerprint density at radius 3 is 2.77 bits per heavy atom. The van der Waals surface area contributed by atoms with Crippen molar-refractivity contribution in [2.75, 3.05) is 32.1 Å². The Bertz CT molecular complexity index is 1120. The number of carbonyl (C=O) groups is 1. The van der Waals surface area contributed by atoms with Crippen molar-refractivity contribution in [1.82, 2.24) is 24.4 Å². The molecule has 0 spiro atoms. The van der Waals surface area contributed by atoms with Crippen LogP contribution in [0, 0.1) is 0 Å². The number of hydrogen-bond acceptors (Lipinski definition) is 6. The van der Waals surface area contributed by atoms with Gasteiger partial charge in [-0.1, -0.05) is 0 Å². The largest absolute Gasteiger partial charge is 0.369 e. The molecule has 31 heavy (non-hydrogen) atoms. The molecule has 8 nitrogen and oxygen atoms in total. The molecule has 0 aliphatic carbocycles. The predicted octanol–water partition coefficient (Wildman–Crippen LogP) is 2.10. The maximum absolute atomic E-state index is 13.9. The third kappa shape index (κ3) is 4.20. The minimum absolute atomic E-state index is 0.0171. The first-order valence-electron chi connectivity index (χ1n) is 10.0. The molecule has 1 fully saturated rings. The van der Waals surface area contributed by atoms with Crippen LogP contribution in [0.15, 0.2) is 30.7 Å². The maximum atomic E-state index is 13.9. The van der Waals surface area contributed by atoms with Gasteiger partial charge in [0, 0.05) is 50.0 Å². The van der Waals surface area contributed by atoms with E-state index in [0.29, 0.717) is 17.3 Å². The lowest BCUT2D eigenvalue weighted by Gasteiger charge is -2.21. The van der Waals surface area contributed by atoms with E-state index in [9.17, 15) is 13.6 Å². The third-order valence-corrected chi connectivity index (χ3v) is 5.62. The number of nitrogens with two attached hydrogens (primary N) is 1. The molecule has 4 rings (SSSR count). The van der Waals surface area contributed by atoms with E-state index in [4.69, 9.17) is 5.73 Å². The van der Waals surface area contributed by atoms with Crippen LogP contribution in [-0.2, 0) is 17.1 Å². The molecular weight excluding hydrogens is 404 g/mol. The number of fused-ring (bicyclic) bond motifs is 1. The number of carbonyl (C=O) groups excluding carboxylic acids is 1. The van der Waals surface area contributed by atoms with Gasteiger partial charge in [0.15, 0.2) is 0 Å². The summed E-state index contributed by atoms with van der Waals surface area (Å²) >= 11 is 0. The smallest absolute Gasteiger partial charge is 0.287 e. The molecule has 3 aromatic rings. The molecular formula is C21H25F2N7O. The van der Waals surface area contributed by atoms with Crippen LogP contribution in [0.25, 0.3) is 16.9 Å². The molecule has 1 unspecified atom stereocenters. The minimum Gasteiger partial charge on any atom is -0.369 e. The van der Waals surface area contributed by atoms with E-state index in [1.165, 1.54) is 12.3 Å². The summed E-state index contributed by atoms with van der Waals surface area (Å²) in [7, 11) is 4.11. The van der Waals surface area contributed by atoms with Gasteiger partial charge < -0.3 is 15.5 Å². The lowest BCUT2D eigenvalue weighted by molar-refractivity contribution is -0.117. The van der Waals surface area contributed by atoms with E-state index in [2.05, 4.69) is 38.8 Å². The fourth-order valence-electron chi connectivity index (χ4n) is 3.93. The van der Waals surface area contributed by atoms with Gasteiger partial charge in [0.25, 0.3) is 5.92 Å². The normalized spacial score (nSPS) is 17.1. The zero-order chi connectivity index (χ0) is 22.3. The molecule has 10 heteroatoms. The number of anilines is 1. The van der Waals surface area contributed by atoms with Crippen molar-refractivity contribution >= 4 is 22.5 Å². The summed E-state index contributed by atoms with van der Waals surface area (Å²) in [5.74, 6) is -3.45. The summed E-state index contributed by atoms with van der Waals surface area (Å²) in [6.07, 6.45) is 5.87. The van der Waals surface area contributed by atoms with Gasteiger partial charge in [0.2, 0.25) is 11.9 Å². The van der Waals surface area contributed by atoms with Crippen molar-refractivity contribution in [2.45, 2.75) is 31.7 Å². The third-order valence-electron chi connectivity index (χ3n) is 5.62. The van der Waals surface area contributed by atoms with Crippen molar-refractivity contribution in [2.24, 2.45) is 5.73 Å². The summed E-state index contributed by atoms with van der Waals surface area (Å²) in [5, 5.41) is 0.838. The molecule has 2 N–H and O–H groups in total. The summed E-state index contributed by atoms with van der Waals surface area (Å²) < 4.78 is 29.4. The van der Waals surface area contributed by atoms with Crippen molar-refractivity contribution in [3.63, 3.8) is 0 Å². The van der Waals surface area contributed by atoms with Crippen molar-refractivity contribution < 1.29 is 13.6 Å². The van der Waals surface area contributed by atoms with Crippen LogP contribution in [0.2, 0.25) is 0 Å². The molecule has 1 aliphatic rings. The maximum Gasteiger partial charge on any atom is 0.287 e. The monoisotopic (exact) mass is 429 g/mol. The number of nitrogens with zero attached hydrogens (tertiary/aromatic N) is 6. The Labute approximate surface area is 178 Å². The number of likely N-dealkylation sites (N-methyl/N-ethyl adjacent to an activating group) is 1. The quantitative estimate of drug-likeness (QED) is 0.645. The Hall–Kier alpha value is -3.14. The molecule has 0 saturated carbocycles. The van der Waals surface area contributed by atoms with Crippen LogP contribution < -0.4 is 10.6 Å². The molecule has 164 valence electrons. The van der Waals surface area contributed by atoms with E-state index in [1.54, 1.807) is 16.8 Å². The van der Waals surface area contributed by atoms with Crippen molar-refractivity contribution in [3.05, 3.63) is 42.1 Å². The number of alkyl halides is 2. The highest BCUT2D eigenvalue weighted by molar-refractivity contribution is 5.94. The van der Waals surface area contributed by atoms with Gasteiger partial charge in [0.1, 0.15) is 5.69 Å². The van der Waals surface area contributed by atoms with Crippen LogP contribution in [-0.4, -0.2) is 63.6 Å². The molecule has 1 saturated heterocycles. The van der Waals surface area contributed by atoms with Crippen molar-refractivity contribution in [3.8, 4) is 5.95 Å². The van der Waals surface area contributed by atoms with Crippen LogP contribution in [0.1, 0.15) is 24.7 Å². The Morgan fingerprint density at radius 2 is 2.13 bits per heavy atom. The number of rotatable bonds is 6. The van der Waals surface area contributed by atoms with Gasteiger partial charge >= 0.3 is 0 Å². The van der Waals surface area contributed by atoms with Crippen LogP contribution in [0.5, 0.6) is 0 Å². The zero-order valence-corrected chi connectivity index (χ0v) is 17.7. The second-order valence-electron chi connectivity index (χ2n) is 8.20. The lowest BCUT2D eigenvalue weighted by Crippen LogP contribution is -2.31. The molecule has 0 bridgehead atoms. The number of aromatic nitrogens is 4. The van der Waals surface area contributed by atoms with E-state index < -0.39 is 11.8 Å². The predicted molar refractivity (Wildman–Crippen MR) is 113 cm³/mol. The molecule has 1 atom stereocenters. The van der Waals surface area contributed by atoms with E-state index >= 15 is 0 Å². The summed E-state index contributed by atoms with van der Waals surface area (Å²) in [4.78, 5) is 28.5. The summed E-state index contributed by atoms with van der Waals surface area (Å²) in [5.41, 5.74) is 7.07. The Morgan fingerprint density at radius 1 is 1.35 bits per heavy atom. The van der Waals surface area contributed by atoms with E-state index in [1.807, 2.05) is 6.20 Å². The molecule has 0 aromatic carbocycles. The van der Waals surface area contributed by atoms with Gasteiger partial charge in [-0.25, -0.2) is 9.97 Å². The van der Waals surface area contributed by atoms with Crippen molar-refractivity contribution in [1.29, 1.82) is 0 Å². The molecule has 4 heterocycles. The number of amides is 1. The van der Waals surface area contributed by atoms with E-state index in [-0.39, 0.29) is 18.1 Å². The first kappa shape index (κ1) is 21.1. The summed E-state index contributed by atoms with van der Waals surface area (Å²) in [6, 6.07) is 3.36. The molecule has 1 amide bonds. The van der Waals surface area contributed by atoms with Gasteiger partial charge in [0.05, 0.1) is 23.3 Å². The Balaban J connectivity index is 1.85. The second kappa shape index (κ2) is 7.84. The lowest BCUT2D eigenvalue weighted by atomic mass is 10.2. The Kier molecular flexibility index (Phi) is 5.34. The van der Waals surface area contributed by atoms with Gasteiger partial charge in [-0.2, -0.15) is 8.78 Å². The first-order chi connectivity index (χ1) is 14.6. The van der Waals surface area contributed by atoms with E-state index in [0.717, 1.165) is 37.5 Å². The topological polar surface area (TPSA) is 93.2 Å². The number of halogens is 2. The van der Waals surface area contributed by atoms with Crippen LogP contribution in [0.3, 0.4) is 0 Å². The SMILES string of the molecule is CN(C)C1CCN(c2cn(-c3nccc(C(C)(F)F)n3)c3cc(CC(N)=O)ncc23)C1. The highest BCUT2D eigenvalue weighted by Gasteiger charge is 2.29. The molecule has 1 aliphatic heterocycles. The zero-order valence-electron chi connectivity index (χ0n) is 17.7. The fraction of sp³-hybridized carbons (Fsp3) is 0.429. The van der Waals surface area contributed by atoms with Gasteiger partial charge in [-0.05, 0) is 32.6 Å². The fourth-order valence-corrected chi connectivity index (χ4v) is 3.93. The minimum atomic E-state index is -3.09. The standard InChI is InChI=1S/C21H25F2N7O/c1-21(22,23)18-4-6-25-20(27-18)30-12-17(29-7-5-14(11-29)28(2)3)15-10-26-13(8-16(15)30)9-19(24)31/h4,6,8,10,12,14H,5,7,9,11H2,1-3H3,(H2,24,31). The first-order valence-corrected chi connectivity index (χ1v) is 10.0. The highest BCUT2D eigenvalue weighted by atomic mass is 19.3. The van der Waals surface area contributed by atoms with Crippen LogP contribution >= 0.6 is 0 Å². The number of pyridine rings is 1. The summed E-state index contributed by atoms with van der Waals surface area (Å²) in [6.45, 7) is 2.50. The average Bonchev–Trinajstić information content (AvgIpc) is 3.31. The highest BCUT2D eigenvalue weighted by Crippen LogP contribution is 2.34. The molecule has 0 radical (unpaired) electrons. The van der Waals surface area contributed by atoms with Gasteiger partial charge in [-0.3, -0.25) is 14.3 Å². The second-order valence-corrected chi connectivity index (χ2v) is 8.20. The number of primary amides is 1. The molecule has 3 aromatic heterocycles. The van der Waals surface area contributed by atoms with Gasteiger partial charge in [-0.15, -0.1) is 0 Å². The van der Waals surface area contributed by atoms with Crippen LogP contribution in [0.4, 0.5) is 14.5 Å². The average molecular weight is 429 g/mol. The number of hydrogen-bond donors (Lipinski definition) is 1.